The molecule has 2 amide bonds. The molecule has 19 heavy (non-hydrogen) atoms. The van der Waals surface area contributed by atoms with Crippen LogP contribution in [0, 0.1) is 5.41 Å². The van der Waals surface area contributed by atoms with Gasteiger partial charge in [0.25, 0.3) is 0 Å². The van der Waals surface area contributed by atoms with Gasteiger partial charge in [0, 0.05) is 18.7 Å². The molecule has 1 saturated heterocycles. The highest BCUT2D eigenvalue weighted by atomic mass is 16.2. The van der Waals surface area contributed by atoms with Gasteiger partial charge in [-0.25, -0.2) is 0 Å². The standard InChI is InChI=1S/C15H20N2O2/c1-15(2)10-13(18)17(14(15)19)8-4-6-11-5-3-7-12(16)9-11/h3,5,7,9H,4,6,8,10,16H2,1-2H3. The van der Waals surface area contributed by atoms with Gasteiger partial charge in [0.15, 0.2) is 0 Å². The van der Waals surface area contributed by atoms with Crippen LogP contribution in [0.2, 0.25) is 0 Å². The first-order chi connectivity index (χ1) is 8.90. The average Bonchev–Trinajstić information content (AvgIpc) is 2.51. The van der Waals surface area contributed by atoms with E-state index in [1.807, 2.05) is 38.1 Å². The molecule has 0 radical (unpaired) electrons. The van der Waals surface area contributed by atoms with Crippen LogP contribution < -0.4 is 5.73 Å². The molecule has 0 aromatic heterocycles. The Morgan fingerprint density at radius 2 is 2.05 bits per heavy atom. The first-order valence-corrected chi connectivity index (χ1v) is 6.59. The van der Waals surface area contributed by atoms with Crippen molar-refractivity contribution in [2.45, 2.75) is 33.1 Å². The fourth-order valence-corrected chi connectivity index (χ4v) is 2.44. The molecule has 0 aliphatic carbocycles. The zero-order valence-electron chi connectivity index (χ0n) is 11.5. The summed E-state index contributed by atoms with van der Waals surface area (Å²) in [5.41, 5.74) is 7.06. The average molecular weight is 260 g/mol. The first kappa shape index (κ1) is 13.6. The lowest BCUT2D eigenvalue weighted by Gasteiger charge is -2.17. The predicted octanol–water partition coefficient (Wildman–Crippen LogP) is 1.99. The van der Waals surface area contributed by atoms with Crippen LogP contribution in [-0.4, -0.2) is 23.3 Å². The van der Waals surface area contributed by atoms with Crippen molar-refractivity contribution in [2.24, 2.45) is 5.41 Å². The number of carbonyl (C=O) groups excluding carboxylic acids is 2. The van der Waals surface area contributed by atoms with Gasteiger partial charge in [-0.3, -0.25) is 14.5 Å². The van der Waals surface area contributed by atoms with E-state index in [1.54, 1.807) is 0 Å². The highest BCUT2D eigenvalue weighted by Crippen LogP contribution is 2.31. The molecule has 1 aromatic carbocycles. The molecule has 2 N–H and O–H groups in total. The molecule has 1 heterocycles. The molecule has 2 rings (SSSR count). The van der Waals surface area contributed by atoms with Gasteiger partial charge in [-0.2, -0.15) is 0 Å². The summed E-state index contributed by atoms with van der Waals surface area (Å²) in [6.45, 7) is 4.14. The second-order valence-electron chi connectivity index (χ2n) is 5.76. The van der Waals surface area contributed by atoms with E-state index < -0.39 is 5.41 Å². The zero-order valence-corrected chi connectivity index (χ0v) is 11.5. The Labute approximate surface area is 113 Å². The van der Waals surface area contributed by atoms with E-state index in [2.05, 4.69) is 0 Å². The van der Waals surface area contributed by atoms with E-state index in [-0.39, 0.29) is 11.8 Å². The van der Waals surface area contributed by atoms with Crippen LogP contribution in [0.1, 0.15) is 32.3 Å². The fourth-order valence-electron chi connectivity index (χ4n) is 2.44. The summed E-state index contributed by atoms with van der Waals surface area (Å²) in [5, 5.41) is 0. The lowest BCUT2D eigenvalue weighted by Crippen LogP contribution is -2.34. The van der Waals surface area contributed by atoms with Gasteiger partial charge in [-0.1, -0.05) is 26.0 Å². The van der Waals surface area contributed by atoms with Crippen LogP contribution in [0.5, 0.6) is 0 Å². The van der Waals surface area contributed by atoms with E-state index in [4.69, 9.17) is 5.73 Å². The number of anilines is 1. The van der Waals surface area contributed by atoms with Crippen molar-refractivity contribution < 1.29 is 9.59 Å². The number of nitrogen functional groups attached to an aromatic ring is 1. The van der Waals surface area contributed by atoms with Crippen molar-refractivity contribution >= 4 is 17.5 Å². The smallest absolute Gasteiger partial charge is 0.235 e. The van der Waals surface area contributed by atoms with Crippen molar-refractivity contribution in [3.05, 3.63) is 29.8 Å². The van der Waals surface area contributed by atoms with Crippen molar-refractivity contribution in [3.63, 3.8) is 0 Å². The van der Waals surface area contributed by atoms with E-state index >= 15 is 0 Å². The number of hydrogen-bond donors (Lipinski definition) is 1. The molecule has 0 unspecified atom stereocenters. The second kappa shape index (κ2) is 5.03. The zero-order chi connectivity index (χ0) is 14.0. The number of imide groups is 1. The molecule has 1 fully saturated rings. The molecule has 0 spiro atoms. The maximum atomic E-state index is 12.0. The van der Waals surface area contributed by atoms with Crippen LogP contribution in [0.15, 0.2) is 24.3 Å². The van der Waals surface area contributed by atoms with Crippen LogP contribution >= 0.6 is 0 Å². The molecule has 0 saturated carbocycles. The van der Waals surface area contributed by atoms with Gasteiger partial charge >= 0.3 is 0 Å². The summed E-state index contributed by atoms with van der Waals surface area (Å²) < 4.78 is 0. The summed E-state index contributed by atoms with van der Waals surface area (Å²) in [6, 6.07) is 7.70. The monoisotopic (exact) mass is 260 g/mol. The van der Waals surface area contributed by atoms with Crippen molar-refractivity contribution in [2.75, 3.05) is 12.3 Å². The number of carbonyl (C=O) groups is 2. The summed E-state index contributed by atoms with van der Waals surface area (Å²) in [5.74, 6) is -0.104. The molecule has 4 heteroatoms. The second-order valence-corrected chi connectivity index (χ2v) is 5.76. The Bertz CT molecular complexity index is 509. The molecular formula is C15H20N2O2. The SMILES string of the molecule is CC1(C)CC(=O)N(CCCc2cccc(N)c2)C1=O. The molecule has 102 valence electrons. The topological polar surface area (TPSA) is 63.4 Å². The summed E-state index contributed by atoms with van der Waals surface area (Å²) in [7, 11) is 0. The van der Waals surface area contributed by atoms with Gasteiger partial charge in [-0.05, 0) is 30.5 Å². The third-order valence-electron chi connectivity index (χ3n) is 3.52. The minimum Gasteiger partial charge on any atom is -0.399 e. The lowest BCUT2D eigenvalue weighted by molar-refractivity contribution is -0.140. The van der Waals surface area contributed by atoms with E-state index in [0.717, 1.165) is 24.1 Å². The molecule has 1 aliphatic heterocycles. The number of nitrogens with zero attached hydrogens (tertiary/aromatic N) is 1. The number of likely N-dealkylation sites (tertiary alicyclic amines) is 1. The quantitative estimate of drug-likeness (QED) is 0.665. The Morgan fingerprint density at radius 3 is 2.63 bits per heavy atom. The normalized spacial score (nSPS) is 18.1. The number of aryl methyl sites for hydroxylation is 1. The van der Waals surface area contributed by atoms with Crippen LogP contribution in [0.25, 0.3) is 0 Å². The van der Waals surface area contributed by atoms with E-state index in [0.29, 0.717) is 13.0 Å². The highest BCUT2D eigenvalue weighted by molar-refractivity contribution is 6.05. The van der Waals surface area contributed by atoms with Gasteiger partial charge in [-0.15, -0.1) is 0 Å². The molecule has 4 nitrogen and oxygen atoms in total. The fraction of sp³-hybridized carbons (Fsp3) is 0.467. The number of amides is 2. The van der Waals surface area contributed by atoms with Crippen LogP contribution in [-0.2, 0) is 16.0 Å². The van der Waals surface area contributed by atoms with E-state index in [9.17, 15) is 9.59 Å². The van der Waals surface area contributed by atoms with E-state index in [1.165, 1.54) is 4.90 Å². The number of hydrogen-bond acceptors (Lipinski definition) is 3. The predicted molar refractivity (Wildman–Crippen MR) is 74.3 cm³/mol. The first-order valence-electron chi connectivity index (χ1n) is 6.59. The highest BCUT2D eigenvalue weighted by Gasteiger charge is 2.44. The third-order valence-corrected chi connectivity index (χ3v) is 3.52. The minimum atomic E-state index is -0.533. The summed E-state index contributed by atoms with van der Waals surface area (Å²) in [6.07, 6.45) is 1.92. The third kappa shape index (κ3) is 2.95. The maximum Gasteiger partial charge on any atom is 0.235 e. The summed E-state index contributed by atoms with van der Waals surface area (Å²) in [4.78, 5) is 25.2. The Balaban J connectivity index is 1.90. The molecule has 1 aliphatic rings. The number of nitrogens with two attached hydrogens (primary N) is 1. The van der Waals surface area contributed by atoms with Crippen molar-refractivity contribution in [1.29, 1.82) is 0 Å². The lowest BCUT2D eigenvalue weighted by atomic mass is 9.92. The van der Waals surface area contributed by atoms with Gasteiger partial charge in [0.05, 0.1) is 5.41 Å². The van der Waals surface area contributed by atoms with Gasteiger partial charge < -0.3 is 5.73 Å². The van der Waals surface area contributed by atoms with Crippen molar-refractivity contribution in [1.82, 2.24) is 4.90 Å². The van der Waals surface area contributed by atoms with Crippen molar-refractivity contribution in [3.8, 4) is 0 Å². The Kier molecular flexibility index (Phi) is 3.60. The maximum absolute atomic E-state index is 12.0. The van der Waals surface area contributed by atoms with Crippen LogP contribution in [0.4, 0.5) is 5.69 Å². The Morgan fingerprint density at radius 1 is 1.32 bits per heavy atom. The molecule has 0 atom stereocenters. The number of benzene rings is 1. The van der Waals surface area contributed by atoms with Gasteiger partial charge in [0.1, 0.15) is 0 Å². The Hall–Kier alpha value is -1.84. The largest absolute Gasteiger partial charge is 0.399 e. The molecule has 1 aromatic rings. The van der Waals surface area contributed by atoms with Crippen LogP contribution in [0.3, 0.4) is 0 Å². The number of rotatable bonds is 4. The molecular weight excluding hydrogens is 240 g/mol. The summed E-state index contributed by atoms with van der Waals surface area (Å²) >= 11 is 0. The van der Waals surface area contributed by atoms with Gasteiger partial charge in [0.2, 0.25) is 11.8 Å². The molecule has 0 bridgehead atoms. The minimum absolute atomic E-state index is 0.0509.